The molecule has 0 radical (unpaired) electrons. The maximum Gasteiger partial charge on any atom is 0.234 e. The summed E-state index contributed by atoms with van der Waals surface area (Å²) < 4.78 is 0. The Balaban J connectivity index is 2.20. The lowest BCUT2D eigenvalue weighted by molar-refractivity contribution is -0.122. The van der Waals surface area contributed by atoms with Gasteiger partial charge in [-0.3, -0.25) is 4.79 Å². The Labute approximate surface area is 85.8 Å². The van der Waals surface area contributed by atoms with E-state index in [1.165, 1.54) is 0 Å². The van der Waals surface area contributed by atoms with Gasteiger partial charge >= 0.3 is 0 Å². The van der Waals surface area contributed by atoms with E-state index in [0.717, 1.165) is 25.7 Å². The molecule has 1 fully saturated rings. The largest absolute Gasteiger partial charge is 0.352 e. The second kappa shape index (κ2) is 5.32. The summed E-state index contributed by atoms with van der Waals surface area (Å²) in [7, 11) is 3.80. The van der Waals surface area contributed by atoms with Crippen LogP contribution in [-0.4, -0.2) is 43.5 Å². The Bertz CT molecular complexity index is 186. The zero-order valence-electron chi connectivity index (χ0n) is 9.12. The lowest BCUT2D eigenvalue weighted by atomic mass is 9.92. The van der Waals surface area contributed by atoms with Gasteiger partial charge in [0.05, 0.1) is 6.54 Å². The van der Waals surface area contributed by atoms with Crippen LogP contribution in [0.25, 0.3) is 0 Å². The fourth-order valence-electron chi connectivity index (χ4n) is 1.82. The van der Waals surface area contributed by atoms with Crippen molar-refractivity contribution in [3.63, 3.8) is 0 Å². The Kier molecular flexibility index (Phi) is 4.35. The molecule has 1 rings (SSSR count). The van der Waals surface area contributed by atoms with E-state index in [1.807, 2.05) is 19.0 Å². The number of carbonyl (C=O) groups excluding carboxylic acids is 1. The topological polar surface area (TPSA) is 58.4 Å². The summed E-state index contributed by atoms with van der Waals surface area (Å²) in [6.07, 6.45) is 4.13. The van der Waals surface area contributed by atoms with Gasteiger partial charge in [-0.25, -0.2) is 0 Å². The average molecular weight is 199 g/mol. The number of likely N-dealkylation sites (N-methyl/N-ethyl adjacent to an activating group) is 1. The SMILES string of the molecule is CN(C)CC(=O)N[C@H]1CC[C@@H](N)CC1. The molecule has 1 aliphatic carbocycles. The van der Waals surface area contributed by atoms with Gasteiger partial charge in [0.1, 0.15) is 0 Å². The summed E-state index contributed by atoms with van der Waals surface area (Å²) in [6, 6.07) is 0.694. The smallest absolute Gasteiger partial charge is 0.234 e. The van der Waals surface area contributed by atoms with Gasteiger partial charge in [-0.2, -0.15) is 0 Å². The Morgan fingerprint density at radius 2 is 1.93 bits per heavy atom. The molecule has 1 aliphatic rings. The average Bonchev–Trinajstić information content (AvgIpc) is 2.07. The van der Waals surface area contributed by atoms with Crippen LogP contribution in [0.5, 0.6) is 0 Å². The number of amides is 1. The van der Waals surface area contributed by atoms with Crippen molar-refractivity contribution in [3.8, 4) is 0 Å². The number of carbonyl (C=O) groups is 1. The zero-order chi connectivity index (χ0) is 10.6. The van der Waals surface area contributed by atoms with Crippen LogP contribution in [0.15, 0.2) is 0 Å². The number of rotatable bonds is 3. The fraction of sp³-hybridized carbons (Fsp3) is 0.900. The molecule has 1 saturated carbocycles. The first kappa shape index (κ1) is 11.5. The number of nitrogens with one attached hydrogen (secondary N) is 1. The zero-order valence-corrected chi connectivity index (χ0v) is 9.12. The fourth-order valence-corrected chi connectivity index (χ4v) is 1.82. The Hall–Kier alpha value is -0.610. The minimum atomic E-state index is 0.121. The minimum Gasteiger partial charge on any atom is -0.352 e. The third kappa shape index (κ3) is 4.07. The highest BCUT2D eigenvalue weighted by atomic mass is 16.2. The molecule has 0 aromatic heterocycles. The van der Waals surface area contributed by atoms with Crippen molar-refractivity contribution in [2.75, 3.05) is 20.6 Å². The van der Waals surface area contributed by atoms with Crippen molar-refractivity contribution in [2.45, 2.75) is 37.8 Å². The summed E-state index contributed by atoms with van der Waals surface area (Å²) in [6.45, 7) is 0.475. The minimum absolute atomic E-state index is 0.121. The van der Waals surface area contributed by atoms with Crippen LogP contribution in [0, 0.1) is 0 Å². The number of hydrogen-bond acceptors (Lipinski definition) is 3. The van der Waals surface area contributed by atoms with Crippen molar-refractivity contribution < 1.29 is 4.79 Å². The maximum atomic E-state index is 11.4. The molecule has 0 aromatic rings. The summed E-state index contributed by atoms with van der Waals surface area (Å²) >= 11 is 0. The van der Waals surface area contributed by atoms with Crippen LogP contribution >= 0.6 is 0 Å². The van der Waals surface area contributed by atoms with Crippen molar-refractivity contribution >= 4 is 5.91 Å². The third-order valence-electron chi connectivity index (χ3n) is 2.60. The van der Waals surface area contributed by atoms with Crippen LogP contribution < -0.4 is 11.1 Å². The molecule has 0 atom stereocenters. The van der Waals surface area contributed by atoms with Gasteiger partial charge in [0.25, 0.3) is 0 Å². The van der Waals surface area contributed by atoms with Crippen LogP contribution in [0.3, 0.4) is 0 Å². The van der Waals surface area contributed by atoms with E-state index in [9.17, 15) is 4.79 Å². The predicted molar refractivity (Wildman–Crippen MR) is 56.9 cm³/mol. The quantitative estimate of drug-likeness (QED) is 0.669. The third-order valence-corrected chi connectivity index (χ3v) is 2.60. The first-order chi connectivity index (χ1) is 6.58. The van der Waals surface area contributed by atoms with Crippen molar-refractivity contribution in [2.24, 2.45) is 5.73 Å². The van der Waals surface area contributed by atoms with Crippen LogP contribution in [0.1, 0.15) is 25.7 Å². The summed E-state index contributed by atoms with van der Waals surface area (Å²) in [5.74, 6) is 0.121. The molecule has 0 bridgehead atoms. The first-order valence-electron chi connectivity index (χ1n) is 5.27. The van der Waals surface area contributed by atoms with Crippen LogP contribution in [0.4, 0.5) is 0 Å². The first-order valence-corrected chi connectivity index (χ1v) is 5.27. The predicted octanol–water partition coefficient (Wildman–Crippen LogP) is -0.0659. The molecule has 1 amide bonds. The normalized spacial score (nSPS) is 27.7. The molecular formula is C10H21N3O. The van der Waals surface area contributed by atoms with Gasteiger partial charge in [0, 0.05) is 12.1 Å². The molecule has 3 N–H and O–H groups in total. The molecule has 0 unspecified atom stereocenters. The van der Waals surface area contributed by atoms with Gasteiger partial charge in [0.2, 0.25) is 5.91 Å². The van der Waals surface area contributed by atoms with E-state index in [4.69, 9.17) is 5.73 Å². The van der Waals surface area contributed by atoms with Gasteiger partial charge < -0.3 is 16.0 Å². The molecule has 0 aliphatic heterocycles. The Morgan fingerprint density at radius 3 is 2.43 bits per heavy atom. The van der Waals surface area contributed by atoms with Gasteiger partial charge in [0.15, 0.2) is 0 Å². The van der Waals surface area contributed by atoms with Crippen LogP contribution in [0.2, 0.25) is 0 Å². The lowest BCUT2D eigenvalue weighted by Gasteiger charge is -2.27. The molecule has 4 heteroatoms. The molecule has 0 heterocycles. The van der Waals surface area contributed by atoms with Gasteiger partial charge in [-0.1, -0.05) is 0 Å². The lowest BCUT2D eigenvalue weighted by Crippen LogP contribution is -2.43. The summed E-state index contributed by atoms with van der Waals surface area (Å²) in [4.78, 5) is 13.3. The molecule has 4 nitrogen and oxygen atoms in total. The highest BCUT2D eigenvalue weighted by Crippen LogP contribution is 2.16. The second-order valence-electron chi connectivity index (χ2n) is 4.42. The van der Waals surface area contributed by atoms with Crippen molar-refractivity contribution in [1.29, 1.82) is 0 Å². The second-order valence-corrected chi connectivity index (χ2v) is 4.42. The monoisotopic (exact) mass is 199 g/mol. The number of nitrogens with two attached hydrogens (primary N) is 1. The summed E-state index contributed by atoms with van der Waals surface area (Å²) in [5.41, 5.74) is 5.79. The van der Waals surface area contributed by atoms with E-state index in [-0.39, 0.29) is 5.91 Å². The summed E-state index contributed by atoms with van der Waals surface area (Å²) in [5, 5.41) is 3.03. The number of nitrogens with zero attached hydrogens (tertiary/aromatic N) is 1. The van der Waals surface area contributed by atoms with E-state index < -0.39 is 0 Å². The van der Waals surface area contributed by atoms with Crippen molar-refractivity contribution in [1.82, 2.24) is 10.2 Å². The van der Waals surface area contributed by atoms with Crippen molar-refractivity contribution in [3.05, 3.63) is 0 Å². The molecule has 0 spiro atoms. The molecule has 82 valence electrons. The van der Waals surface area contributed by atoms with E-state index in [0.29, 0.717) is 18.6 Å². The molecular weight excluding hydrogens is 178 g/mol. The van der Waals surface area contributed by atoms with Gasteiger partial charge in [-0.05, 0) is 39.8 Å². The molecule has 0 saturated heterocycles. The maximum absolute atomic E-state index is 11.4. The standard InChI is InChI=1S/C10H21N3O/c1-13(2)7-10(14)12-9-5-3-8(11)4-6-9/h8-9H,3-7,11H2,1-2H3,(H,12,14)/t8-,9+. The Morgan fingerprint density at radius 1 is 1.36 bits per heavy atom. The highest BCUT2D eigenvalue weighted by molar-refractivity contribution is 5.78. The van der Waals surface area contributed by atoms with E-state index >= 15 is 0 Å². The highest BCUT2D eigenvalue weighted by Gasteiger charge is 2.19. The number of hydrogen-bond donors (Lipinski definition) is 2. The van der Waals surface area contributed by atoms with Gasteiger partial charge in [-0.15, -0.1) is 0 Å². The van der Waals surface area contributed by atoms with E-state index in [1.54, 1.807) is 0 Å². The molecule has 14 heavy (non-hydrogen) atoms. The van der Waals surface area contributed by atoms with E-state index in [2.05, 4.69) is 5.32 Å². The van der Waals surface area contributed by atoms with Crippen LogP contribution in [-0.2, 0) is 4.79 Å². The molecule has 0 aromatic carbocycles.